The molecule has 1 fully saturated rings. The van der Waals surface area contributed by atoms with Gasteiger partial charge < -0.3 is 26.4 Å². The van der Waals surface area contributed by atoms with Gasteiger partial charge in [0.25, 0.3) is 0 Å². The topological polar surface area (TPSA) is 123 Å². The number of carbonyl (C=O) groups excluding carboxylic acids is 3. The molecule has 16 heteroatoms. The van der Waals surface area contributed by atoms with Crippen LogP contribution >= 0.6 is 0 Å². The summed E-state index contributed by atoms with van der Waals surface area (Å²) in [5.74, 6) is -9.75. The Kier molecular flexibility index (Phi) is 11.4. The maximum atomic E-state index is 15.3. The second-order valence-corrected chi connectivity index (χ2v) is 10.3. The molecule has 1 saturated carbocycles. The zero-order valence-corrected chi connectivity index (χ0v) is 23.0. The summed E-state index contributed by atoms with van der Waals surface area (Å²) in [6.45, 7) is -2.01. The van der Waals surface area contributed by atoms with Gasteiger partial charge in [-0.1, -0.05) is 36.4 Å². The predicted molar refractivity (Wildman–Crippen MR) is 142 cm³/mol. The number of benzene rings is 2. The average molecular weight is 639 g/mol. The van der Waals surface area contributed by atoms with Crippen LogP contribution in [0, 0.1) is 11.7 Å². The van der Waals surface area contributed by atoms with Gasteiger partial charge in [-0.25, -0.2) is 26.7 Å². The van der Waals surface area contributed by atoms with Crippen molar-refractivity contribution >= 4 is 29.3 Å². The molecular formula is C28H30F8N4O4. The summed E-state index contributed by atoms with van der Waals surface area (Å²) >= 11 is 0. The lowest BCUT2D eigenvalue weighted by molar-refractivity contribution is -0.139. The van der Waals surface area contributed by atoms with Crippen LogP contribution < -0.4 is 21.7 Å². The molecule has 0 aliphatic heterocycles. The van der Waals surface area contributed by atoms with E-state index in [4.69, 9.17) is 10.5 Å². The molecule has 8 nitrogen and oxygen atoms in total. The Morgan fingerprint density at radius 1 is 1.00 bits per heavy atom. The molecule has 0 bridgehead atoms. The molecule has 0 saturated heterocycles. The lowest BCUT2D eigenvalue weighted by Crippen LogP contribution is -2.50. The fourth-order valence-electron chi connectivity index (χ4n) is 4.75. The molecule has 242 valence electrons. The summed E-state index contributed by atoms with van der Waals surface area (Å²) in [6, 6.07) is 8.81. The fraction of sp³-hybridized carbons (Fsp3) is 0.464. The number of halogens is 8. The maximum Gasteiger partial charge on any atom is 0.408 e. The summed E-state index contributed by atoms with van der Waals surface area (Å²) in [4.78, 5) is 38.1. The molecule has 1 aliphatic rings. The van der Waals surface area contributed by atoms with Crippen molar-refractivity contribution < 1.29 is 54.2 Å². The standard InChI is InChI=1S/C28H30F8N4O4/c29-20(30)12-18(24(41)38-14-28(34,35)36)17-6-7-19(22(37)21(17)31)39-25(42)23(16-8-10-27(32,33)11-9-16)40-26(43)44-13-15-4-2-1-3-5-15/h1-7,16,18,20,23H,8-14,37H2,(H,38,41)(H,39,42)(H,40,43)/t18-,23-/m0/s1. The van der Waals surface area contributed by atoms with E-state index >= 15 is 4.39 Å². The summed E-state index contributed by atoms with van der Waals surface area (Å²) < 4.78 is 112. The van der Waals surface area contributed by atoms with Crippen LogP contribution in [0.4, 0.5) is 51.3 Å². The number of nitrogens with two attached hydrogens (primary N) is 1. The number of alkyl carbamates (subject to hydrolysis) is 1. The van der Waals surface area contributed by atoms with E-state index in [9.17, 15) is 45.1 Å². The van der Waals surface area contributed by atoms with Crippen LogP contribution in [0.2, 0.25) is 0 Å². The van der Waals surface area contributed by atoms with Gasteiger partial charge in [0, 0.05) is 24.8 Å². The largest absolute Gasteiger partial charge is 0.445 e. The molecule has 5 N–H and O–H groups in total. The van der Waals surface area contributed by atoms with Gasteiger partial charge in [-0.05, 0) is 30.4 Å². The van der Waals surface area contributed by atoms with E-state index in [-0.39, 0.29) is 19.4 Å². The van der Waals surface area contributed by atoms with Crippen LogP contribution in [0.5, 0.6) is 0 Å². The van der Waals surface area contributed by atoms with E-state index in [1.54, 1.807) is 30.3 Å². The molecule has 0 heterocycles. The van der Waals surface area contributed by atoms with Crippen molar-refractivity contribution in [2.75, 3.05) is 17.6 Å². The van der Waals surface area contributed by atoms with E-state index in [1.165, 1.54) is 5.32 Å². The van der Waals surface area contributed by atoms with Crippen molar-refractivity contribution in [3.63, 3.8) is 0 Å². The number of hydrogen-bond acceptors (Lipinski definition) is 5. The first-order chi connectivity index (χ1) is 20.6. The van der Waals surface area contributed by atoms with Crippen molar-refractivity contribution in [3.8, 4) is 0 Å². The van der Waals surface area contributed by atoms with Gasteiger partial charge >= 0.3 is 12.3 Å². The summed E-state index contributed by atoms with van der Waals surface area (Å²) in [7, 11) is 0. The molecule has 0 radical (unpaired) electrons. The quantitative estimate of drug-likeness (QED) is 0.181. The highest BCUT2D eigenvalue weighted by atomic mass is 19.4. The average Bonchev–Trinajstić information content (AvgIpc) is 2.95. The van der Waals surface area contributed by atoms with Crippen LogP contribution in [0.25, 0.3) is 0 Å². The van der Waals surface area contributed by atoms with Gasteiger partial charge in [-0.3, -0.25) is 9.59 Å². The van der Waals surface area contributed by atoms with Gasteiger partial charge in [0.15, 0.2) is 5.82 Å². The number of hydrogen-bond donors (Lipinski definition) is 4. The Morgan fingerprint density at radius 2 is 1.64 bits per heavy atom. The number of nitrogens with one attached hydrogen (secondary N) is 3. The summed E-state index contributed by atoms with van der Waals surface area (Å²) in [5, 5.41) is 6.06. The van der Waals surface area contributed by atoms with Gasteiger partial charge in [-0.2, -0.15) is 13.2 Å². The molecule has 0 aromatic heterocycles. The van der Waals surface area contributed by atoms with Crippen LogP contribution in [0.3, 0.4) is 0 Å². The number of anilines is 2. The van der Waals surface area contributed by atoms with Crippen LogP contribution in [0.15, 0.2) is 42.5 Å². The van der Waals surface area contributed by atoms with E-state index in [1.807, 2.05) is 0 Å². The molecule has 44 heavy (non-hydrogen) atoms. The number of carbonyl (C=O) groups is 3. The molecule has 3 amide bonds. The third kappa shape index (κ3) is 9.98. The van der Waals surface area contributed by atoms with E-state index in [2.05, 4.69) is 10.6 Å². The molecule has 0 unspecified atom stereocenters. The highest BCUT2D eigenvalue weighted by Gasteiger charge is 2.41. The van der Waals surface area contributed by atoms with E-state index < -0.39 is 103 Å². The third-order valence-electron chi connectivity index (χ3n) is 7.04. The lowest BCUT2D eigenvalue weighted by Gasteiger charge is -2.33. The minimum Gasteiger partial charge on any atom is -0.445 e. The Balaban J connectivity index is 1.80. The molecule has 2 atom stereocenters. The second-order valence-electron chi connectivity index (χ2n) is 10.3. The highest BCUT2D eigenvalue weighted by molar-refractivity contribution is 5.99. The zero-order chi connectivity index (χ0) is 32.7. The Morgan fingerprint density at radius 3 is 2.23 bits per heavy atom. The van der Waals surface area contributed by atoms with Gasteiger partial charge in [0.2, 0.25) is 24.2 Å². The number of alkyl halides is 7. The van der Waals surface area contributed by atoms with Crippen molar-refractivity contribution in [2.45, 2.75) is 69.2 Å². The number of ether oxygens (including phenoxy) is 1. The highest BCUT2D eigenvalue weighted by Crippen LogP contribution is 2.38. The Hall–Kier alpha value is -4.11. The minimum absolute atomic E-state index is 0.158. The monoisotopic (exact) mass is 638 g/mol. The molecule has 0 spiro atoms. The number of rotatable bonds is 11. The van der Waals surface area contributed by atoms with Crippen LogP contribution in [-0.2, 0) is 20.9 Å². The minimum atomic E-state index is -4.86. The first kappa shape index (κ1) is 34.4. The number of nitrogen functional groups attached to an aromatic ring is 1. The smallest absolute Gasteiger partial charge is 0.408 e. The number of amides is 3. The zero-order valence-electron chi connectivity index (χ0n) is 23.0. The van der Waals surface area contributed by atoms with E-state index in [0.717, 1.165) is 12.1 Å². The molecule has 2 aromatic carbocycles. The normalized spacial score (nSPS) is 16.6. The molecule has 2 aromatic rings. The second kappa shape index (κ2) is 14.6. The molecule has 1 aliphatic carbocycles. The lowest BCUT2D eigenvalue weighted by atomic mass is 9.81. The van der Waals surface area contributed by atoms with Crippen LogP contribution in [-0.4, -0.2) is 49.0 Å². The van der Waals surface area contributed by atoms with Gasteiger partial charge in [-0.15, -0.1) is 0 Å². The summed E-state index contributed by atoms with van der Waals surface area (Å²) in [5.41, 5.74) is 4.40. The van der Waals surface area contributed by atoms with Crippen molar-refractivity contribution in [1.29, 1.82) is 0 Å². The SMILES string of the molecule is Nc1c(NC(=O)[C@@H](NC(=O)OCc2ccccc2)C2CCC(F)(F)CC2)ccc([C@H](CC(F)F)C(=O)NCC(F)(F)F)c1F. The summed E-state index contributed by atoms with van der Waals surface area (Å²) in [6.07, 6.45) is -11.9. The van der Waals surface area contributed by atoms with Crippen molar-refractivity contribution in [3.05, 3.63) is 59.4 Å². The van der Waals surface area contributed by atoms with Gasteiger partial charge in [0.05, 0.1) is 17.3 Å². The first-order valence-corrected chi connectivity index (χ1v) is 13.4. The first-order valence-electron chi connectivity index (χ1n) is 13.4. The fourth-order valence-corrected chi connectivity index (χ4v) is 4.75. The van der Waals surface area contributed by atoms with E-state index in [0.29, 0.717) is 5.56 Å². The van der Waals surface area contributed by atoms with Gasteiger partial charge in [0.1, 0.15) is 19.2 Å². The van der Waals surface area contributed by atoms with Crippen molar-refractivity contribution in [2.24, 2.45) is 5.92 Å². The Labute approximate surface area is 246 Å². The van der Waals surface area contributed by atoms with Crippen molar-refractivity contribution in [1.82, 2.24) is 10.6 Å². The van der Waals surface area contributed by atoms with Crippen LogP contribution in [0.1, 0.15) is 49.1 Å². The Bertz CT molecular complexity index is 1300. The molecule has 3 rings (SSSR count). The maximum absolute atomic E-state index is 15.3. The predicted octanol–water partition coefficient (Wildman–Crippen LogP) is 5.88. The molecular weight excluding hydrogens is 608 g/mol. The third-order valence-corrected chi connectivity index (χ3v) is 7.04.